The molecule has 2 aliphatic heterocycles. The molecule has 0 atom stereocenters. The highest BCUT2D eigenvalue weighted by atomic mass is 19.1. The van der Waals surface area contributed by atoms with Crippen LogP contribution in [0.1, 0.15) is 38.3 Å². The van der Waals surface area contributed by atoms with Gasteiger partial charge in [0.1, 0.15) is 11.3 Å². The van der Waals surface area contributed by atoms with Crippen LogP contribution in [0.5, 0.6) is 0 Å². The van der Waals surface area contributed by atoms with Gasteiger partial charge in [0.2, 0.25) is 5.91 Å². The molecule has 1 spiro atoms. The molecular weight excluding hydrogens is 329 g/mol. The zero-order valence-corrected chi connectivity index (χ0v) is 15.4. The van der Waals surface area contributed by atoms with Gasteiger partial charge in [0.25, 0.3) is 0 Å². The van der Waals surface area contributed by atoms with Crippen molar-refractivity contribution in [2.75, 3.05) is 26.2 Å². The number of pyridine rings is 1. The number of rotatable bonds is 3. The summed E-state index contributed by atoms with van der Waals surface area (Å²) >= 11 is 0. The zero-order valence-electron chi connectivity index (χ0n) is 15.4. The SMILES string of the molecule is CCN1CC2(CCC1=O)CCN(Cc1ccc3cccc(F)c3n1)CC2. The fourth-order valence-electron chi connectivity index (χ4n) is 4.45. The van der Waals surface area contributed by atoms with Crippen LogP contribution in [0.15, 0.2) is 30.3 Å². The fourth-order valence-corrected chi connectivity index (χ4v) is 4.45. The molecule has 2 saturated heterocycles. The number of likely N-dealkylation sites (tertiary alicyclic amines) is 2. The van der Waals surface area contributed by atoms with Crippen LogP contribution < -0.4 is 0 Å². The topological polar surface area (TPSA) is 36.4 Å². The van der Waals surface area contributed by atoms with Gasteiger partial charge in [-0.25, -0.2) is 9.37 Å². The maximum atomic E-state index is 14.0. The number of para-hydroxylation sites is 1. The Kier molecular flexibility index (Phi) is 4.65. The Hall–Kier alpha value is -2.01. The molecule has 0 N–H and O–H groups in total. The number of fused-ring (bicyclic) bond motifs is 1. The lowest BCUT2D eigenvalue weighted by Gasteiger charge is -2.47. The van der Waals surface area contributed by atoms with Crippen LogP contribution in [0.25, 0.3) is 10.9 Å². The number of hydrogen-bond acceptors (Lipinski definition) is 3. The minimum absolute atomic E-state index is 0.256. The van der Waals surface area contributed by atoms with Crippen LogP contribution >= 0.6 is 0 Å². The second-order valence-electron chi connectivity index (χ2n) is 7.80. The van der Waals surface area contributed by atoms with Gasteiger partial charge in [-0.2, -0.15) is 0 Å². The molecular formula is C21H26FN3O. The average Bonchev–Trinajstić information content (AvgIpc) is 2.66. The van der Waals surface area contributed by atoms with E-state index in [4.69, 9.17) is 0 Å². The molecule has 1 aromatic carbocycles. The van der Waals surface area contributed by atoms with E-state index in [1.807, 2.05) is 23.1 Å². The molecule has 2 fully saturated rings. The summed E-state index contributed by atoms with van der Waals surface area (Å²) in [6, 6.07) is 9.04. The number of carbonyl (C=O) groups is 1. The van der Waals surface area contributed by atoms with Crippen molar-refractivity contribution in [1.29, 1.82) is 0 Å². The van der Waals surface area contributed by atoms with Crippen LogP contribution in [0.4, 0.5) is 4.39 Å². The van der Waals surface area contributed by atoms with E-state index in [1.54, 1.807) is 6.07 Å². The minimum atomic E-state index is -0.256. The van der Waals surface area contributed by atoms with E-state index in [1.165, 1.54) is 6.07 Å². The molecule has 0 unspecified atom stereocenters. The monoisotopic (exact) mass is 355 g/mol. The summed E-state index contributed by atoms with van der Waals surface area (Å²) < 4.78 is 14.0. The molecule has 1 amide bonds. The minimum Gasteiger partial charge on any atom is -0.342 e. The van der Waals surface area contributed by atoms with E-state index < -0.39 is 0 Å². The quantitative estimate of drug-likeness (QED) is 0.844. The molecule has 3 heterocycles. The highest BCUT2D eigenvalue weighted by Gasteiger charge is 2.40. The highest BCUT2D eigenvalue weighted by molar-refractivity contribution is 5.79. The van der Waals surface area contributed by atoms with Gasteiger partial charge in [-0.15, -0.1) is 0 Å². The first-order valence-corrected chi connectivity index (χ1v) is 9.63. The highest BCUT2D eigenvalue weighted by Crippen LogP contribution is 2.40. The molecule has 1 aromatic heterocycles. The van der Waals surface area contributed by atoms with Gasteiger partial charge >= 0.3 is 0 Å². The van der Waals surface area contributed by atoms with Crippen LogP contribution in [0.3, 0.4) is 0 Å². The first-order valence-electron chi connectivity index (χ1n) is 9.63. The van der Waals surface area contributed by atoms with Crippen molar-refractivity contribution < 1.29 is 9.18 Å². The summed E-state index contributed by atoms with van der Waals surface area (Å²) in [5.74, 6) is 0.0522. The summed E-state index contributed by atoms with van der Waals surface area (Å²) in [6.07, 6.45) is 3.96. The Morgan fingerprint density at radius 2 is 1.96 bits per heavy atom. The second kappa shape index (κ2) is 6.95. The molecule has 5 heteroatoms. The summed E-state index contributed by atoms with van der Waals surface area (Å²) in [4.78, 5) is 20.9. The lowest BCUT2D eigenvalue weighted by molar-refractivity contribution is -0.138. The van der Waals surface area contributed by atoms with Crippen molar-refractivity contribution in [3.8, 4) is 0 Å². The Balaban J connectivity index is 1.41. The molecule has 0 bridgehead atoms. The lowest BCUT2D eigenvalue weighted by atomic mass is 9.72. The van der Waals surface area contributed by atoms with Gasteiger partial charge in [-0.1, -0.05) is 18.2 Å². The predicted molar refractivity (Wildman–Crippen MR) is 100 cm³/mol. The number of piperidine rings is 2. The van der Waals surface area contributed by atoms with Gasteiger partial charge in [0.05, 0.1) is 5.69 Å². The molecule has 4 rings (SSSR count). The third-order valence-corrected chi connectivity index (χ3v) is 6.16. The summed E-state index contributed by atoms with van der Waals surface area (Å²) in [5.41, 5.74) is 1.68. The second-order valence-corrected chi connectivity index (χ2v) is 7.80. The van der Waals surface area contributed by atoms with Crippen molar-refractivity contribution >= 4 is 16.8 Å². The van der Waals surface area contributed by atoms with Crippen molar-refractivity contribution in [3.05, 3.63) is 41.8 Å². The maximum absolute atomic E-state index is 14.0. The van der Waals surface area contributed by atoms with Gasteiger partial charge in [-0.05, 0) is 56.8 Å². The Bertz CT molecular complexity index is 814. The number of carbonyl (C=O) groups excluding carboxylic acids is 1. The first kappa shape index (κ1) is 17.4. The van der Waals surface area contributed by atoms with Gasteiger partial charge in [-0.3, -0.25) is 9.69 Å². The Labute approximate surface area is 154 Å². The largest absolute Gasteiger partial charge is 0.342 e. The normalized spacial score (nSPS) is 20.8. The maximum Gasteiger partial charge on any atom is 0.222 e. The van der Waals surface area contributed by atoms with Gasteiger partial charge in [0.15, 0.2) is 0 Å². The molecule has 0 radical (unpaired) electrons. The predicted octanol–water partition coefficient (Wildman–Crippen LogP) is 3.60. The number of aromatic nitrogens is 1. The molecule has 26 heavy (non-hydrogen) atoms. The fraction of sp³-hybridized carbons (Fsp3) is 0.524. The summed E-state index contributed by atoms with van der Waals surface area (Å²) in [6.45, 7) is 6.59. The van der Waals surface area contributed by atoms with E-state index in [0.717, 1.165) is 63.1 Å². The van der Waals surface area contributed by atoms with E-state index >= 15 is 0 Å². The van der Waals surface area contributed by atoms with Crippen molar-refractivity contribution in [2.45, 2.75) is 39.2 Å². The molecule has 0 aliphatic carbocycles. The zero-order chi connectivity index (χ0) is 18.1. The third-order valence-electron chi connectivity index (χ3n) is 6.16. The molecule has 4 nitrogen and oxygen atoms in total. The van der Waals surface area contributed by atoms with Crippen LogP contribution in [0.2, 0.25) is 0 Å². The Morgan fingerprint density at radius 1 is 1.15 bits per heavy atom. The molecule has 2 aliphatic rings. The molecule has 138 valence electrons. The standard InChI is InChI=1S/C21H26FN3O/c1-2-25-15-21(9-8-19(25)26)10-12-24(13-11-21)14-17-7-6-16-4-3-5-18(22)20(16)23-17/h3-7H,2,8-15H2,1H3. The van der Waals surface area contributed by atoms with E-state index in [0.29, 0.717) is 23.3 Å². The van der Waals surface area contributed by atoms with Gasteiger partial charge < -0.3 is 4.90 Å². The van der Waals surface area contributed by atoms with Crippen LogP contribution in [-0.2, 0) is 11.3 Å². The number of hydrogen-bond donors (Lipinski definition) is 0. The summed E-state index contributed by atoms with van der Waals surface area (Å²) in [7, 11) is 0. The number of benzene rings is 1. The van der Waals surface area contributed by atoms with E-state index in [2.05, 4.69) is 16.8 Å². The van der Waals surface area contributed by atoms with Crippen LogP contribution in [-0.4, -0.2) is 46.9 Å². The average molecular weight is 355 g/mol. The number of nitrogens with zero attached hydrogens (tertiary/aromatic N) is 3. The summed E-state index contributed by atoms with van der Waals surface area (Å²) in [5, 5.41) is 0.845. The van der Waals surface area contributed by atoms with Crippen molar-refractivity contribution in [3.63, 3.8) is 0 Å². The lowest BCUT2D eigenvalue weighted by Crippen LogP contribution is -2.51. The van der Waals surface area contributed by atoms with Gasteiger partial charge in [0, 0.05) is 31.4 Å². The smallest absolute Gasteiger partial charge is 0.222 e. The van der Waals surface area contributed by atoms with Crippen LogP contribution in [0, 0.1) is 11.2 Å². The first-order chi connectivity index (χ1) is 12.6. The third kappa shape index (κ3) is 3.32. The molecule has 2 aromatic rings. The van der Waals surface area contributed by atoms with E-state index in [-0.39, 0.29) is 5.82 Å². The van der Waals surface area contributed by atoms with E-state index in [9.17, 15) is 9.18 Å². The molecule has 0 saturated carbocycles. The van der Waals surface area contributed by atoms with Crippen molar-refractivity contribution in [2.24, 2.45) is 5.41 Å². The Morgan fingerprint density at radius 3 is 2.73 bits per heavy atom. The number of amides is 1. The number of halogens is 1. The van der Waals surface area contributed by atoms with Crippen molar-refractivity contribution in [1.82, 2.24) is 14.8 Å².